The van der Waals surface area contributed by atoms with E-state index in [0.717, 1.165) is 11.9 Å². The van der Waals surface area contributed by atoms with Gasteiger partial charge in [-0.2, -0.15) is 5.26 Å². The highest BCUT2D eigenvalue weighted by atomic mass is 16.6. The van der Waals surface area contributed by atoms with E-state index < -0.39 is 5.97 Å². The maximum absolute atomic E-state index is 12.7. The fourth-order valence-electron chi connectivity index (χ4n) is 2.97. The first-order valence-corrected chi connectivity index (χ1v) is 8.56. The lowest BCUT2D eigenvalue weighted by atomic mass is 10.2. The van der Waals surface area contributed by atoms with Crippen LogP contribution in [0.3, 0.4) is 0 Å². The van der Waals surface area contributed by atoms with Gasteiger partial charge in [-0.3, -0.25) is 9.13 Å². The zero-order valence-electron chi connectivity index (χ0n) is 15.1. The summed E-state index contributed by atoms with van der Waals surface area (Å²) in [7, 11) is 1.43. The molecule has 7 nitrogen and oxygen atoms in total. The smallest absolute Gasteiger partial charge is 0.331 e. The fraction of sp³-hybridized carbons (Fsp3) is 0.250. The van der Waals surface area contributed by atoms with Crippen LogP contribution < -0.4 is 15.2 Å². The zero-order chi connectivity index (χ0) is 19.4. The number of imidazole rings is 1. The summed E-state index contributed by atoms with van der Waals surface area (Å²) in [5.74, 6) is -0.116. The monoisotopic (exact) mass is 365 g/mol. The molecule has 0 amide bonds. The van der Waals surface area contributed by atoms with E-state index in [1.165, 1.54) is 29.9 Å². The lowest BCUT2D eigenvalue weighted by molar-refractivity contribution is -0.135. The van der Waals surface area contributed by atoms with Crippen molar-refractivity contribution >= 4 is 17.0 Å². The Morgan fingerprint density at radius 1 is 1.11 bits per heavy atom. The molecule has 27 heavy (non-hydrogen) atoms. The van der Waals surface area contributed by atoms with Crippen molar-refractivity contribution in [1.29, 1.82) is 5.26 Å². The molecule has 0 radical (unpaired) electrons. The van der Waals surface area contributed by atoms with Crippen LogP contribution in [0.4, 0.5) is 0 Å². The van der Waals surface area contributed by atoms with Crippen LogP contribution in [0.15, 0.2) is 47.3 Å². The number of carbonyl (C=O) groups excluding carboxylic acids is 1. The summed E-state index contributed by atoms with van der Waals surface area (Å²) < 4.78 is 13.6. The van der Waals surface area contributed by atoms with Crippen LogP contribution in [0, 0.1) is 11.3 Å². The number of nitrogens with zero attached hydrogens (tertiary/aromatic N) is 3. The molecular formula is C20H19N3O4. The van der Waals surface area contributed by atoms with E-state index in [0.29, 0.717) is 17.6 Å². The molecule has 0 unspecified atom stereocenters. The first-order valence-electron chi connectivity index (χ1n) is 8.56. The van der Waals surface area contributed by atoms with Gasteiger partial charge in [0, 0.05) is 12.6 Å². The first-order chi connectivity index (χ1) is 13.1. The van der Waals surface area contributed by atoms with Crippen molar-refractivity contribution in [2.45, 2.75) is 26.4 Å². The third-order valence-corrected chi connectivity index (χ3v) is 4.18. The van der Waals surface area contributed by atoms with Gasteiger partial charge in [-0.05, 0) is 30.7 Å². The second kappa shape index (κ2) is 7.79. The molecule has 0 aliphatic heterocycles. The number of rotatable bonds is 6. The van der Waals surface area contributed by atoms with E-state index in [2.05, 4.69) is 0 Å². The van der Waals surface area contributed by atoms with Gasteiger partial charge in [-0.15, -0.1) is 0 Å². The molecule has 0 saturated carbocycles. The molecule has 0 bridgehead atoms. The molecule has 138 valence electrons. The molecule has 0 N–H and O–H groups in total. The molecule has 7 heteroatoms. The highest BCUT2D eigenvalue weighted by Gasteiger charge is 2.17. The zero-order valence-corrected chi connectivity index (χ0v) is 15.1. The Labute approximate surface area is 156 Å². The van der Waals surface area contributed by atoms with Crippen LogP contribution in [0.2, 0.25) is 0 Å². The number of benzene rings is 2. The minimum absolute atomic E-state index is 0.201. The molecule has 1 heterocycles. The predicted molar refractivity (Wildman–Crippen MR) is 99.8 cm³/mol. The molecule has 0 saturated heterocycles. The first kappa shape index (κ1) is 18.3. The minimum Gasteiger partial charge on any atom is -0.493 e. The van der Waals surface area contributed by atoms with E-state index in [1.807, 2.05) is 31.2 Å². The number of methoxy groups -OCH3 is 1. The van der Waals surface area contributed by atoms with E-state index >= 15 is 0 Å². The summed E-state index contributed by atoms with van der Waals surface area (Å²) in [4.78, 5) is 25.2. The van der Waals surface area contributed by atoms with Crippen LogP contribution in [-0.2, 0) is 17.9 Å². The average Bonchev–Trinajstić information content (AvgIpc) is 2.94. The normalized spacial score (nSPS) is 10.6. The number of para-hydroxylation sites is 2. The fourth-order valence-corrected chi connectivity index (χ4v) is 2.97. The Bertz CT molecular complexity index is 1090. The molecule has 0 fully saturated rings. The average molecular weight is 365 g/mol. The summed E-state index contributed by atoms with van der Waals surface area (Å²) in [5.41, 5.74) is 1.61. The van der Waals surface area contributed by atoms with Gasteiger partial charge in [-0.25, -0.2) is 9.59 Å². The van der Waals surface area contributed by atoms with Gasteiger partial charge < -0.3 is 9.47 Å². The van der Waals surface area contributed by atoms with Crippen molar-refractivity contribution in [1.82, 2.24) is 9.13 Å². The highest BCUT2D eigenvalue weighted by Crippen LogP contribution is 2.28. The molecule has 0 spiro atoms. The number of hydrogen-bond donors (Lipinski definition) is 0. The Hall–Kier alpha value is -3.53. The number of ether oxygens (including phenoxy) is 2. The molecule has 0 aliphatic carbocycles. The molecule has 2 aromatic carbocycles. The standard InChI is InChI=1S/C20H19N3O4/c1-3-10-22-15-6-4-5-7-16(15)23(20(22)25)13-19(24)27-17-9-8-14(12-21)11-18(17)26-2/h4-9,11H,3,10,13H2,1-2H3. The highest BCUT2D eigenvalue weighted by molar-refractivity contribution is 5.79. The number of aryl methyl sites for hydroxylation is 1. The molecular weight excluding hydrogens is 346 g/mol. The number of carbonyl (C=O) groups is 1. The Morgan fingerprint density at radius 3 is 2.44 bits per heavy atom. The second-order valence-electron chi connectivity index (χ2n) is 5.96. The topological polar surface area (TPSA) is 86.3 Å². The van der Waals surface area contributed by atoms with Gasteiger partial charge >= 0.3 is 11.7 Å². The largest absolute Gasteiger partial charge is 0.493 e. The van der Waals surface area contributed by atoms with Crippen LogP contribution in [0.25, 0.3) is 11.0 Å². The van der Waals surface area contributed by atoms with Gasteiger partial charge in [0.1, 0.15) is 6.54 Å². The molecule has 0 atom stereocenters. The summed E-state index contributed by atoms with van der Waals surface area (Å²) in [5, 5.41) is 8.95. The Morgan fingerprint density at radius 2 is 1.81 bits per heavy atom. The van der Waals surface area contributed by atoms with E-state index in [-0.39, 0.29) is 23.7 Å². The lowest BCUT2D eigenvalue weighted by Crippen LogP contribution is -2.28. The number of aromatic nitrogens is 2. The van der Waals surface area contributed by atoms with Crippen LogP contribution in [0.5, 0.6) is 11.5 Å². The molecule has 3 aromatic rings. The van der Waals surface area contributed by atoms with Crippen molar-refractivity contribution in [2.24, 2.45) is 0 Å². The maximum atomic E-state index is 12.7. The number of nitriles is 1. The van der Waals surface area contributed by atoms with Gasteiger partial charge in [0.25, 0.3) is 0 Å². The van der Waals surface area contributed by atoms with Crippen molar-refractivity contribution in [3.63, 3.8) is 0 Å². The maximum Gasteiger partial charge on any atom is 0.331 e. The van der Waals surface area contributed by atoms with Crippen molar-refractivity contribution in [3.05, 3.63) is 58.5 Å². The van der Waals surface area contributed by atoms with Gasteiger partial charge in [0.05, 0.1) is 29.8 Å². The third kappa shape index (κ3) is 3.55. The molecule has 0 aliphatic rings. The lowest BCUT2D eigenvalue weighted by Gasteiger charge is -2.09. The number of fused-ring (bicyclic) bond motifs is 1. The SMILES string of the molecule is CCCn1c(=O)n(CC(=O)Oc2ccc(C#N)cc2OC)c2ccccc21. The van der Waals surface area contributed by atoms with Crippen molar-refractivity contribution in [2.75, 3.05) is 7.11 Å². The predicted octanol–water partition coefficient (Wildman–Crippen LogP) is 2.70. The third-order valence-electron chi connectivity index (χ3n) is 4.18. The van der Waals surface area contributed by atoms with Crippen LogP contribution in [0.1, 0.15) is 18.9 Å². The van der Waals surface area contributed by atoms with Crippen molar-refractivity contribution in [3.8, 4) is 17.6 Å². The number of esters is 1. The minimum atomic E-state index is -0.598. The Balaban J connectivity index is 1.90. The van der Waals surface area contributed by atoms with Crippen LogP contribution in [-0.4, -0.2) is 22.2 Å². The second-order valence-corrected chi connectivity index (χ2v) is 5.96. The van der Waals surface area contributed by atoms with Gasteiger partial charge in [0.15, 0.2) is 11.5 Å². The summed E-state index contributed by atoms with van der Waals surface area (Å²) in [6.07, 6.45) is 0.806. The quantitative estimate of drug-likeness (QED) is 0.495. The number of hydrogen-bond acceptors (Lipinski definition) is 5. The summed E-state index contributed by atoms with van der Waals surface area (Å²) in [6, 6.07) is 13.9. The van der Waals surface area contributed by atoms with Crippen LogP contribution >= 0.6 is 0 Å². The van der Waals surface area contributed by atoms with Gasteiger partial charge in [0.2, 0.25) is 0 Å². The van der Waals surface area contributed by atoms with Crippen molar-refractivity contribution < 1.29 is 14.3 Å². The Kier molecular flexibility index (Phi) is 5.27. The molecule has 3 rings (SSSR count). The summed E-state index contributed by atoms with van der Waals surface area (Å²) >= 11 is 0. The molecule has 1 aromatic heterocycles. The van der Waals surface area contributed by atoms with E-state index in [9.17, 15) is 9.59 Å². The van der Waals surface area contributed by atoms with E-state index in [4.69, 9.17) is 14.7 Å². The van der Waals surface area contributed by atoms with Gasteiger partial charge in [-0.1, -0.05) is 19.1 Å². The van der Waals surface area contributed by atoms with E-state index in [1.54, 1.807) is 10.6 Å². The summed E-state index contributed by atoms with van der Waals surface area (Å²) in [6.45, 7) is 2.34.